The highest BCUT2D eigenvalue weighted by atomic mass is 19.1. The highest BCUT2D eigenvalue weighted by molar-refractivity contribution is 5.63. The average molecular weight is 175 g/mol. The highest BCUT2D eigenvalue weighted by Gasteiger charge is 2.04. The SMILES string of the molecule is Cc1cccc(-c2c[nH]cc2F)c1. The molecule has 0 aliphatic rings. The van der Waals surface area contributed by atoms with Crippen molar-refractivity contribution in [2.75, 3.05) is 0 Å². The molecule has 0 unspecified atom stereocenters. The zero-order chi connectivity index (χ0) is 9.26. The van der Waals surface area contributed by atoms with E-state index in [9.17, 15) is 4.39 Å². The molecule has 1 nitrogen and oxygen atoms in total. The van der Waals surface area contributed by atoms with Crippen LogP contribution in [0.4, 0.5) is 4.39 Å². The minimum Gasteiger partial charge on any atom is -0.365 e. The molecular formula is C11H10FN. The maximum atomic E-state index is 13.1. The van der Waals surface area contributed by atoms with Crippen molar-refractivity contribution in [1.29, 1.82) is 0 Å². The smallest absolute Gasteiger partial charge is 0.148 e. The molecule has 0 amide bonds. The summed E-state index contributed by atoms with van der Waals surface area (Å²) < 4.78 is 13.1. The molecule has 13 heavy (non-hydrogen) atoms. The summed E-state index contributed by atoms with van der Waals surface area (Å²) in [5.41, 5.74) is 2.68. The van der Waals surface area contributed by atoms with Crippen LogP contribution in [-0.4, -0.2) is 4.98 Å². The fourth-order valence-electron chi connectivity index (χ4n) is 1.38. The summed E-state index contributed by atoms with van der Waals surface area (Å²) in [7, 11) is 0. The second-order valence-electron chi connectivity index (χ2n) is 3.09. The predicted octanol–water partition coefficient (Wildman–Crippen LogP) is 3.13. The van der Waals surface area contributed by atoms with Crippen LogP contribution in [0.2, 0.25) is 0 Å². The van der Waals surface area contributed by atoms with E-state index in [1.807, 2.05) is 31.2 Å². The summed E-state index contributed by atoms with van der Waals surface area (Å²) in [6, 6.07) is 7.79. The molecular weight excluding hydrogens is 165 g/mol. The molecule has 0 aliphatic heterocycles. The number of hydrogen-bond acceptors (Lipinski definition) is 0. The van der Waals surface area contributed by atoms with Crippen molar-refractivity contribution in [3.05, 3.63) is 48.0 Å². The van der Waals surface area contributed by atoms with Gasteiger partial charge < -0.3 is 4.98 Å². The second kappa shape index (κ2) is 3.05. The molecule has 0 saturated heterocycles. The normalized spacial score (nSPS) is 10.3. The number of hydrogen-bond donors (Lipinski definition) is 1. The number of H-pyrrole nitrogens is 1. The van der Waals surface area contributed by atoms with Crippen molar-refractivity contribution in [1.82, 2.24) is 4.98 Å². The zero-order valence-electron chi connectivity index (χ0n) is 7.34. The third kappa shape index (κ3) is 1.47. The van der Waals surface area contributed by atoms with Gasteiger partial charge in [0.15, 0.2) is 0 Å². The lowest BCUT2D eigenvalue weighted by atomic mass is 10.1. The Morgan fingerprint density at radius 2 is 2.08 bits per heavy atom. The van der Waals surface area contributed by atoms with Gasteiger partial charge in [0, 0.05) is 18.0 Å². The fraction of sp³-hybridized carbons (Fsp3) is 0.0909. The van der Waals surface area contributed by atoms with Crippen molar-refractivity contribution in [3.63, 3.8) is 0 Å². The topological polar surface area (TPSA) is 15.8 Å². The van der Waals surface area contributed by atoms with Gasteiger partial charge in [-0.3, -0.25) is 0 Å². The second-order valence-corrected chi connectivity index (χ2v) is 3.09. The quantitative estimate of drug-likeness (QED) is 0.685. The lowest BCUT2D eigenvalue weighted by molar-refractivity contribution is 0.633. The molecule has 66 valence electrons. The van der Waals surface area contributed by atoms with Crippen LogP contribution >= 0.6 is 0 Å². The maximum Gasteiger partial charge on any atom is 0.148 e. The van der Waals surface area contributed by atoms with Gasteiger partial charge in [-0.15, -0.1) is 0 Å². The Balaban J connectivity index is 2.53. The summed E-state index contributed by atoms with van der Waals surface area (Å²) >= 11 is 0. The first-order valence-electron chi connectivity index (χ1n) is 4.17. The summed E-state index contributed by atoms with van der Waals surface area (Å²) in [6.07, 6.45) is 3.03. The molecule has 0 fully saturated rings. The van der Waals surface area contributed by atoms with Gasteiger partial charge in [-0.1, -0.05) is 29.8 Å². The van der Waals surface area contributed by atoms with Crippen molar-refractivity contribution in [2.45, 2.75) is 6.92 Å². The van der Waals surface area contributed by atoms with E-state index in [0.717, 1.165) is 11.1 Å². The van der Waals surface area contributed by atoms with Gasteiger partial charge in [-0.2, -0.15) is 0 Å². The third-order valence-electron chi connectivity index (χ3n) is 2.02. The molecule has 1 aromatic carbocycles. The minimum atomic E-state index is -0.203. The molecule has 0 saturated carbocycles. The van der Waals surface area contributed by atoms with Crippen LogP contribution in [0.25, 0.3) is 11.1 Å². The number of rotatable bonds is 1. The van der Waals surface area contributed by atoms with Crippen LogP contribution in [0.3, 0.4) is 0 Å². The van der Waals surface area contributed by atoms with Crippen molar-refractivity contribution in [3.8, 4) is 11.1 Å². The van der Waals surface area contributed by atoms with Crippen LogP contribution in [0.1, 0.15) is 5.56 Å². The molecule has 0 bridgehead atoms. The summed E-state index contributed by atoms with van der Waals surface area (Å²) in [5.74, 6) is -0.203. The van der Waals surface area contributed by atoms with Gasteiger partial charge in [0.1, 0.15) is 5.82 Å². The molecule has 0 atom stereocenters. The summed E-state index contributed by atoms with van der Waals surface area (Å²) in [6.45, 7) is 1.99. The Morgan fingerprint density at radius 1 is 1.23 bits per heavy atom. The van der Waals surface area contributed by atoms with E-state index in [1.54, 1.807) is 6.20 Å². The molecule has 1 aromatic heterocycles. The van der Waals surface area contributed by atoms with Crippen molar-refractivity contribution >= 4 is 0 Å². The zero-order valence-corrected chi connectivity index (χ0v) is 7.34. The largest absolute Gasteiger partial charge is 0.365 e. The fourth-order valence-corrected chi connectivity index (χ4v) is 1.38. The van der Waals surface area contributed by atoms with E-state index < -0.39 is 0 Å². The first-order valence-corrected chi connectivity index (χ1v) is 4.17. The number of aromatic amines is 1. The highest BCUT2D eigenvalue weighted by Crippen LogP contribution is 2.22. The van der Waals surface area contributed by atoms with E-state index in [2.05, 4.69) is 4.98 Å². The number of aromatic nitrogens is 1. The molecule has 2 heteroatoms. The molecule has 0 radical (unpaired) electrons. The minimum absolute atomic E-state index is 0.203. The Kier molecular flexibility index (Phi) is 1.89. The van der Waals surface area contributed by atoms with Crippen LogP contribution in [0, 0.1) is 12.7 Å². The van der Waals surface area contributed by atoms with Crippen LogP contribution < -0.4 is 0 Å². The summed E-state index contributed by atoms with van der Waals surface area (Å²) in [5, 5.41) is 0. The lowest BCUT2D eigenvalue weighted by Crippen LogP contribution is -1.78. The standard InChI is InChI=1S/C11H10FN/c1-8-3-2-4-9(5-8)10-6-13-7-11(10)12/h2-7,13H,1H3. The predicted molar refractivity (Wildman–Crippen MR) is 50.9 cm³/mol. The lowest BCUT2D eigenvalue weighted by Gasteiger charge is -1.99. The van der Waals surface area contributed by atoms with E-state index in [4.69, 9.17) is 0 Å². The van der Waals surface area contributed by atoms with E-state index >= 15 is 0 Å². The number of nitrogens with one attached hydrogen (secondary N) is 1. The Bertz CT molecular complexity index is 418. The molecule has 0 aliphatic carbocycles. The summed E-state index contributed by atoms with van der Waals surface area (Å²) in [4.78, 5) is 2.74. The molecule has 2 aromatic rings. The van der Waals surface area contributed by atoms with Crippen molar-refractivity contribution in [2.24, 2.45) is 0 Å². The first kappa shape index (κ1) is 8.05. The van der Waals surface area contributed by atoms with Gasteiger partial charge in [-0.25, -0.2) is 4.39 Å². The van der Waals surface area contributed by atoms with Gasteiger partial charge in [-0.05, 0) is 12.5 Å². The number of aryl methyl sites for hydroxylation is 1. The van der Waals surface area contributed by atoms with E-state index in [-0.39, 0.29) is 5.82 Å². The first-order chi connectivity index (χ1) is 6.27. The Hall–Kier alpha value is -1.57. The Labute approximate surface area is 76.2 Å². The molecule has 0 spiro atoms. The maximum absolute atomic E-state index is 13.1. The van der Waals surface area contributed by atoms with Gasteiger partial charge in [0.05, 0.1) is 0 Å². The molecule has 1 heterocycles. The average Bonchev–Trinajstić information content (AvgIpc) is 2.51. The molecule has 2 rings (SSSR count). The monoisotopic (exact) mass is 175 g/mol. The van der Waals surface area contributed by atoms with Crippen LogP contribution in [0.15, 0.2) is 36.7 Å². The number of halogens is 1. The Morgan fingerprint density at radius 3 is 2.69 bits per heavy atom. The van der Waals surface area contributed by atoms with Crippen molar-refractivity contribution < 1.29 is 4.39 Å². The van der Waals surface area contributed by atoms with Crippen LogP contribution in [0.5, 0.6) is 0 Å². The number of benzene rings is 1. The van der Waals surface area contributed by atoms with E-state index in [0.29, 0.717) is 5.56 Å². The van der Waals surface area contributed by atoms with Crippen LogP contribution in [-0.2, 0) is 0 Å². The third-order valence-corrected chi connectivity index (χ3v) is 2.02. The van der Waals surface area contributed by atoms with Gasteiger partial charge in [0.25, 0.3) is 0 Å². The van der Waals surface area contributed by atoms with Gasteiger partial charge in [0.2, 0.25) is 0 Å². The van der Waals surface area contributed by atoms with E-state index in [1.165, 1.54) is 6.20 Å². The molecule has 1 N–H and O–H groups in total. The van der Waals surface area contributed by atoms with Gasteiger partial charge >= 0.3 is 0 Å².